The standard InChI is InChI=1S/C12H22N4S/c1-4-6-7-13-12(17)14-8-10-9-16(3)15-11(10)5-2/h9H,4-8H2,1-3H3,(H2,13,14,17). The van der Waals surface area contributed by atoms with Crippen LogP contribution in [0.3, 0.4) is 0 Å². The van der Waals surface area contributed by atoms with E-state index in [4.69, 9.17) is 12.2 Å². The smallest absolute Gasteiger partial charge is 0.166 e. The van der Waals surface area contributed by atoms with Gasteiger partial charge in [-0.3, -0.25) is 4.68 Å². The van der Waals surface area contributed by atoms with Gasteiger partial charge in [0.25, 0.3) is 0 Å². The molecule has 0 amide bonds. The molecule has 0 unspecified atom stereocenters. The van der Waals surface area contributed by atoms with Gasteiger partial charge in [-0.2, -0.15) is 5.10 Å². The average molecular weight is 254 g/mol. The quantitative estimate of drug-likeness (QED) is 0.599. The molecule has 1 rings (SSSR count). The van der Waals surface area contributed by atoms with Gasteiger partial charge < -0.3 is 10.6 Å². The van der Waals surface area contributed by atoms with Crippen LogP contribution in [-0.2, 0) is 20.0 Å². The molecular weight excluding hydrogens is 232 g/mol. The maximum Gasteiger partial charge on any atom is 0.166 e. The van der Waals surface area contributed by atoms with Gasteiger partial charge in [0, 0.05) is 31.9 Å². The molecule has 0 aliphatic carbocycles. The number of unbranched alkanes of at least 4 members (excludes halogenated alkanes) is 1. The fraction of sp³-hybridized carbons (Fsp3) is 0.667. The van der Waals surface area contributed by atoms with Crippen LogP contribution in [0, 0.1) is 0 Å². The van der Waals surface area contributed by atoms with Crippen LogP contribution in [0.4, 0.5) is 0 Å². The Morgan fingerprint density at radius 3 is 2.82 bits per heavy atom. The minimum Gasteiger partial charge on any atom is -0.363 e. The van der Waals surface area contributed by atoms with Crippen LogP contribution < -0.4 is 10.6 Å². The SMILES string of the molecule is CCCCNC(=S)NCc1cn(C)nc1CC. The van der Waals surface area contributed by atoms with Crippen LogP contribution in [0.1, 0.15) is 37.9 Å². The molecular formula is C12H22N4S. The first kappa shape index (κ1) is 14.0. The molecule has 96 valence electrons. The van der Waals surface area contributed by atoms with E-state index in [2.05, 4.69) is 29.6 Å². The van der Waals surface area contributed by atoms with E-state index in [-0.39, 0.29) is 0 Å². The summed E-state index contributed by atoms with van der Waals surface area (Å²) in [4.78, 5) is 0. The zero-order valence-electron chi connectivity index (χ0n) is 10.9. The highest BCUT2D eigenvalue weighted by Gasteiger charge is 2.05. The summed E-state index contributed by atoms with van der Waals surface area (Å²) < 4.78 is 1.85. The zero-order valence-corrected chi connectivity index (χ0v) is 11.7. The van der Waals surface area contributed by atoms with Gasteiger partial charge in [0.1, 0.15) is 0 Å². The number of thiocarbonyl (C=S) groups is 1. The maximum absolute atomic E-state index is 5.20. The Bertz CT molecular complexity index is 359. The highest BCUT2D eigenvalue weighted by Crippen LogP contribution is 2.06. The van der Waals surface area contributed by atoms with Crippen LogP contribution >= 0.6 is 12.2 Å². The van der Waals surface area contributed by atoms with Crippen molar-refractivity contribution >= 4 is 17.3 Å². The van der Waals surface area contributed by atoms with Crippen LogP contribution in [0.25, 0.3) is 0 Å². The van der Waals surface area contributed by atoms with E-state index in [1.807, 2.05) is 17.9 Å². The van der Waals surface area contributed by atoms with Crippen molar-refractivity contribution in [3.8, 4) is 0 Å². The first-order chi connectivity index (χ1) is 8.17. The number of hydrogen-bond acceptors (Lipinski definition) is 2. The Balaban J connectivity index is 2.36. The highest BCUT2D eigenvalue weighted by molar-refractivity contribution is 7.80. The molecule has 0 saturated carbocycles. The van der Waals surface area contributed by atoms with Crippen molar-refractivity contribution in [1.82, 2.24) is 20.4 Å². The summed E-state index contributed by atoms with van der Waals surface area (Å²) in [6.07, 6.45) is 5.32. The lowest BCUT2D eigenvalue weighted by Crippen LogP contribution is -2.35. The molecule has 5 heteroatoms. The van der Waals surface area contributed by atoms with Crippen LogP contribution in [0.15, 0.2) is 6.20 Å². The van der Waals surface area contributed by atoms with Crippen molar-refractivity contribution in [3.63, 3.8) is 0 Å². The molecule has 17 heavy (non-hydrogen) atoms. The summed E-state index contributed by atoms with van der Waals surface area (Å²) in [6, 6.07) is 0. The summed E-state index contributed by atoms with van der Waals surface area (Å²) in [5, 5.41) is 11.5. The van der Waals surface area contributed by atoms with Gasteiger partial charge in [-0.15, -0.1) is 0 Å². The van der Waals surface area contributed by atoms with Crippen molar-refractivity contribution in [3.05, 3.63) is 17.5 Å². The van der Waals surface area contributed by atoms with Gasteiger partial charge in [0.2, 0.25) is 0 Å². The van der Waals surface area contributed by atoms with Crippen LogP contribution in [0.5, 0.6) is 0 Å². The largest absolute Gasteiger partial charge is 0.363 e. The van der Waals surface area contributed by atoms with E-state index >= 15 is 0 Å². The number of aromatic nitrogens is 2. The third kappa shape index (κ3) is 4.73. The Kier molecular flexibility index (Phi) is 5.97. The van der Waals surface area contributed by atoms with Crippen molar-refractivity contribution < 1.29 is 0 Å². The Morgan fingerprint density at radius 1 is 1.41 bits per heavy atom. The molecule has 0 aromatic carbocycles. The van der Waals surface area contributed by atoms with E-state index < -0.39 is 0 Å². The number of hydrogen-bond donors (Lipinski definition) is 2. The fourth-order valence-electron chi connectivity index (χ4n) is 1.65. The fourth-order valence-corrected chi connectivity index (χ4v) is 1.82. The molecule has 4 nitrogen and oxygen atoms in total. The molecule has 1 aromatic heterocycles. The molecule has 0 aliphatic rings. The van der Waals surface area contributed by atoms with Crippen molar-refractivity contribution in [2.24, 2.45) is 7.05 Å². The second kappa shape index (κ2) is 7.27. The third-order valence-corrected chi connectivity index (χ3v) is 2.87. The van der Waals surface area contributed by atoms with Crippen molar-refractivity contribution in [1.29, 1.82) is 0 Å². The van der Waals surface area contributed by atoms with Crippen molar-refractivity contribution in [2.45, 2.75) is 39.7 Å². The van der Waals surface area contributed by atoms with E-state index in [0.29, 0.717) is 0 Å². The summed E-state index contributed by atoms with van der Waals surface area (Å²) in [5.74, 6) is 0. The predicted molar refractivity (Wildman–Crippen MR) is 74.9 cm³/mol. The summed E-state index contributed by atoms with van der Waals surface area (Å²) >= 11 is 5.20. The minimum absolute atomic E-state index is 0.726. The van der Waals surface area contributed by atoms with Gasteiger partial charge in [-0.05, 0) is 25.1 Å². The monoisotopic (exact) mass is 254 g/mol. The predicted octanol–water partition coefficient (Wildman–Crippen LogP) is 1.75. The molecule has 0 radical (unpaired) electrons. The lowest BCUT2D eigenvalue weighted by molar-refractivity contribution is 0.738. The summed E-state index contributed by atoms with van der Waals surface area (Å²) in [5.41, 5.74) is 2.35. The van der Waals surface area contributed by atoms with Gasteiger partial charge in [0.15, 0.2) is 5.11 Å². The Morgan fingerprint density at radius 2 is 2.18 bits per heavy atom. The van der Waals surface area contributed by atoms with E-state index in [0.717, 1.165) is 36.7 Å². The van der Waals surface area contributed by atoms with Gasteiger partial charge in [0.05, 0.1) is 5.69 Å². The molecule has 0 fully saturated rings. The molecule has 0 spiro atoms. The van der Waals surface area contributed by atoms with Crippen LogP contribution in [0.2, 0.25) is 0 Å². The second-order valence-electron chi connectivity index (χ2n) is 4.09. The number of rotatable bonds is 6. The summed E-state index contributed by atoms with van der Waals surface area (Å²) in [6.45, 7) is 5.97. The first-order valence-electron chi connectivity index (χ1n) is 6.20. The lowest BCUT2D eigenvalue weighted by Gasteiger charge is -2.09. The average Bonchev–Trinajstić information content (AvgIpc) is 2.67. The maximum atomic E-state index is 5.20. The topological polar surface area (TPSA) is 41.9 Å². The Hall–Kier alpha value is -1.10. The van der Waals surface area contributed by atoms with Crippen LogP contribution in [-0.4, -0.2) is 21.4 Å². The van der Waals surface area contributed by atoms with Gasteiger partial charge >= 0.3 is 0 Å². The van der Waals surface area contributed by atoms with E-state index in [9.17, 15) is 0 Å². The molecule has 2 N–H and O–H groups in total. The Labute approximate surface area is 109 Å². The van der Waals surface area contributed by atoms with Gasteiger partial charge in [-0.25, -0.2) is 0 Å². The number of nitrogens with zero attached hydrogens (tertiary/aromatic N) is 2. The van der Waals surface area contributed by atoms with Crippen molar-refractivity contribution in [2.75, 3.05) is 6.54 Å². The molecule has 1 heterocycles. The number of aryl methyl sites for hydroxylation is 2. The third-order valence-electron chi connectivity index (χ3n) is 2.58. The minimum atomic E-state index is 0.726. The second-order valence-corrected chi connectivity index (χ2v) is 4.50. The first-order valence-corrected chi connectivity index (χ1v) is 6.61. The molecule has 0 saturated heterocycles. The normalized spacial score (nSPS) is 10.3. The highest BCUT2D eigenvalue weighted by atomic mass is 32.1. The lowest BCUT2D eigenvalue weighted by atomic mass is 10.2. The number of nitrogens with one attached hydrogen (secondary N) is 2. The van der Waals surface area contributed by atoms with E-state index in [1.54, 1.807) is 0 Å². The molecule has 0 aliphatic heterocycles. The summed E-state index contributed by atoms with van der Waals surface area (Å²) in [7, 11) is 1.94. The van der Waals surface area contributed by atoms with Gasteiger partial charge in [-0.1, -0.05) is 20.3 Å². The molecule has 0 atom stereocenters. The van der Waals surface area contributed by atoms with E-state index in [1.165, 1.54) is 12.0 Å². The molecule has 0 bridgehead atoms. The molecule has 1 aromatic rings. The zero-order chi connectivity index (χ0) is 12.7.